The van der Waals surface area contributed by atoms with Crippen LogP contribution in [-0.4, -0.2) is 50.8 Å². The fraction of sp³-hybridized carbons (Fsp3) is 0.900. The summed E-state index contributed by atoms with van der Waals surface area (Å²) in [7, 11) is -3.41. The SMILES string of the molecule is CCNC(=NCC1CCCS1)NCCS(N)(=O)=O. The molecule has 0 aliphatic carbocycles. The average Bonchev–Trinajstić information content (AvgIpc) is 2.77. The third-order valence-electron chi connectivity index (χ3n) is 2.50. The number of nitrogens with two attached hydrogens (primary N) is 1. The number of nitrogens with one attached hydrogen (secondary N) is 2. The fourth-order valence-corrected chi connectivity index (χ4v) is 3.20. The van der Waals surface area contributed by atoms with Crippen LogP contribution in [-0.2, 0) is 10.0 Å². The lowest BCUT2D eigenvalue weighted by Crippen LogP contribution is -2.40. The van der Waals surface area contributed by atoms with E-state index in [9.17, 15) is 8.42 Å². The van der Waals surface area contributed by atoms with E-state index in [4.69, 9.17) is 5.14 Å². The van der Waals surface area contributed by atoms with Gasteiger partial charge in [0.1, 0.15) is 0 Å². The van der Waals surface area contributed by atoms with Gasteiger partial charge in [-0.2, -0.15) is 11.8 Å². The highest BCUT2D eigenvalue weighted by atomic mass is 32.2. The number of guanidine groups is 1. The molecule has 1 aliphatic heterocycles. The predicted molar refractivity (Wildman–Crippen MR) is 77.4 cm³/mol. The van der Waals surface area contributed by atoms with Gasteiger partial charge in [-0.3, -0.25) is 4.99 Å². The van der Waals surface area contributed by atoms with Crippen molar-refractivity contribution in [1.29, 1.82) is 0 Å². The summed E-state index contributed by atoms with van der Waals surface area (Å²) >= 11 is 1.95. The van der Waals surface area contributed by atoms with Crippen molar-refractivity contribution in [2.45, 2.75) is 25.0 Å². The lowest BCUT2D eigenvalue weighted by atomic mass is 10.2. The van der Waals surface area contributed by atoms with Crippen LogP contribution in [0.15, 0.2) is 4.99 Å². The van der Waals surface area contributed by atoms with E-state index in [0.717, 1.165) is 13.1 Å². The first kappa shape index (κ1) is 15.6. The van der Waals surface area contributed by atoms with Gasteiger partial charge < -0.3 is 10.6 Å². The van der Waals surface area contributed by atoms with E-state index in [2.05, 4.69) is 15.6 Å². The van der Waals surface area contributed by atoms with Crippen molar-refractivity contribution in [1.82, 2.24) is 10.6 Å². The molecule has 1 heterocycles. The average molecular weight is 294 g/mol. The predicted octanol–water partition coefficient (Wildman–Crippen LogP) is -0.274. The zero-order valence-corrected chi connectivity index (χ0v) is 12.3. The second kappa shape index (κ2) is 7.85. The van der Waals surface area contributed by atoms with Crippen molar-refractivity contribution >= 4 is 27.7 Å². The summed E-state index contributed by atoms with van der Waals surface area (Å²) in [5, 5.41) is 11.6. The standard InChI is InChI=1S/C10H22N4O2S2/c1-2-12-10(13-5-7-18(11,15)16)14-8-9-4-3-6-17-9/h9H,2-8H2,1H3,(H2,11,15,16)(H2,12,13,14). The number of aliphatic imine (C=N–C) groups is 1. The molecule has 1 rings (SSSR count). The summed E-state index contributed by atoms with van der Waals surface area (Å²) in [6, 6.07) is 0. The van der Waals surface area contributed by atoms with Crippen molar-refractivity contribution in [2.75, 3.05) is 31.1 Å². The summed E-state index contributed by atoms with van der Waals surface area (Å²) in [4.78, 5) is 4.45. The van der Waals surface area contributed by atoms with Crippen LogP contribution >= 0.6 is 11.8 Å². The van der Waals surface area contributed by atoms with E-state index in [1.54, 1.807) is 0 Å². The molecule has 0 amide bonds. The van der Waals surface area contributed by atoms with Gasteiger partial charge in [0.15, 0.2) is 5.96 Å². The Labute approximate surface area is 113 Å². The van der Waals surface area contributed by atoms with Gasteiger partial charge in [-0.1, -0.05) is 0 Å². The van der Waals surface area contributed by atoms with E-state index in [1.165, 1.54) is 18.6 Å². The van der Waals surface area contributed by atoms with E-state index in [1.807, 2.05) is 18.7 Å². The molecule has 1 aliphatic rings. The van der Waals surface area contributed by atoms with E-state index >= 15 is 0 Å². The highest BCUT2D eigenvalue weighted by Crippen LogP contribution is 2.25. The van der Waals surface area contributed by atoms with E-state index in [0.29, 0.717) is 11.2 Å². The van der Waals surface area contributed by atoms with E-state index < -0.39 is 10.0 Å². The monoisotopic (exact) mass is 294 g/mol. The van der Waals surface area contributed by atoms with Gasteiger partial charge in [-0.05, 0) is 25.5 Å². The number of rotatable bonds is 6. The minimum atomic E-state index is -3.41. The Bertz CT molecular complexity index is 364. The Morgan fingerprint density at radius 1 is 1.50 bits per heavy atom. The largest absolute Gasteiger partial charge is 0.357 e. The van der Waals surface area contributed by atoms with Crippen LogP contribution in [0.2, 0.25) is 0 Å². The first-order valence-corrected chi connectivity index (χ1v) is 8.92. The van der Waals surface area contributed by atoms with Crippen LogP contribution in [0.5, 0.6) is 0 Å². The van der Waals surface area contributed by atoms with Crippen molar-refractivity contribution in [3.05, 3.63) is 0 Å². The molecule has 1 saturated heterocycles. The van der Waals surface area contributed by atoms with Gasteiger partial charge in [-0.25, -0.2) is 13.6 Å². The van der Waals surface area contributed by atoms with E-state index in [-0.39, 0.29) is 12.3 Å². The Morgan fingerprint density at radius 2 is 2.28 bits per heavy atom. The van der Waals surface area contributed by atoms with Crippen molar-refractivity contribution < 1.29 is 8.42 Å². The first-order chi connectivity index (χ1) is 8.51. The second-order valence-corrected chi connectivity index (χ2v) is 7.29. The molecular formula is C10H22N4O2S2. The highest BCUT2D eigenvalue weighted by molar-refractivity contribution is 8.00. The van der Waals surface area contributed by atoms with Crippen LogP contribution < -0.4 is 15.8 Å². The van der Waals surface area contributed by atoms with Gasteiger partial charge in [-0.15, -0.1) is 0 Å². The van der Waals surface area contributed by atoms with Gasteiger partial charge >= 0.3 is 0 Å². The highest BCUT2D eigenvalue weighted by Gasteiger charge is 2.15. The summed E-state index contributed by atoms with van der Waals surface area (Å²) in [6.07, 6.45) is 2.48. The lowest BCUT2D eigenvalue weighted by Gasteiger charge is -2.12. The zero-order valence-electron chi connectivity index (χ0n) is 10.7. The molecular weight excluding hydrogens is 272 g/mol. The van der Waals surface area contributed by atoms with Crippen molar-refractivity contribution in [2.24, 2.45) is 10.1 Å². The molecule has 0 spiro atoms. The Kier molecular flexibility index (Phi) is 6.80. The Morgan fingerprint density at radius 3 is 2.83 bits per heavy atom. The minimum absolute atomic E-state index is 0.0877. The van der Waals surface area contributed by atoms with Crippen LogP contribution in [0.25, 0.3) is 0 Å². The molecule has 0 radical (unpaired) electrons. The molecule has 18 heavy (non-hydrogen) atoms. The quantitative estimate of drug-likeness (QED) is 0.463. The maximum Gasteiger partial charge on any atom is 0.210 e. The molecule has 8 heteroatoms. The Balaban J connectivity index is 2.35. The summed E-state index contributed by atoms with van der Waals surface area (Å²) in [5.74, 6) is 1.79. The third-order valence-corrected chi connectivity index (χ3v) is 4.65. The Hall–Kier alpha value is -0.470. The molecule has 1 atom stereocenters. The molecule has 0 bridgehead atoms. The van der Waals surface area contributed by atoms with Crippen LogP contribution in [0.4, 0.5) is 0 Å². The van der Waals surface area contributed by atoms with Gasteiger partial charge in [0.2, 0.25) is 10.0 Å². The molecule has 0 saturated carbocycles. The number of hydrogen-bond acceptors (Lipinski definition) is 4. The van der Waals surface area contributed by atoms with Gasteiger partial charge in [0.05, 0.1) is 12.3 Å². The molecule has 0 aromatic carbocycles. The topological polar surface area (TPSA) is 96.6 Å². The smallest absolute Gasteiger partial charge is 0.210 e. The third kappa shape index (κ3) is 7.07. The number of primary sulfonamides is 1. The zero-order chi connectivity index (χ0) is 13.4. The molecule has 1 fully saturated rings. The van der Waals surface area contributed by atoms with Gasteiger partial charge in [0, 0.05) is 18.3 Å². The molecule has 0 aromatic heterocycles. The summed E-state index contributed by atoms with van der Waals surface area (Å²) in [5.41, 5.74) is 0. The van der Waals surface area contributed by atoms with Crippen LogP contribution in [0, 0.1) is 0 Å². The van der Waals surface area contributed by atoms with Crippen LogP contribution in [0.1, 0.15) is 19.8 Å². The number of sulfonamides is 1. The minimum Gasteiger partial charge on any atom is -0.357 e. The fourth-order valence-electron chi connectivity index (χ4n) is 1.63. The molecule has 4 N–H and O–H groups in total. The molecule has 1 unspecified atom stereocenters. The number of hydrogen-bond donors (Lipinski definition) is 3. The van der Waals surface area contributed by atoms with Gasteiger partial charge in [0.25, 0.3) is 0 Å². The summed E-state index contributed by atoms with van der Waals surface area (Å²) in [6.45, 7) is 3.78. The maximum atomic E-state index is 10.8. The molecule has 106 valence electrons. The second-order valence-electron chi connectivity index (χ2n) is 4.15. The van der Waals surface area contributed by atoms with Crippen molar-refractivity contribution in [3.8, 4) is 0 Å². The summed E-state index contributed by atoms with van der Waals surface area (Å²) < 4.78 is 21.6. The normalized spacial score (nSPS) is 21.0. The maximum absolute atomic E-state index is 10.8. The number of nitrogens with zero attached hydrogens (tertiary/aromatic N) is 1. The van der Waals surface area contributed by atoms with Crippen molar-refractivity contribution in [3.63, 3.8) is 0 Å². The van der Waals surface area contributed by atoms with Crippen LogP contribution in [0.3, 0.4) is 0 Å². The lowest BCUT2D eigenvalue weighted by molar-refractivity contribution is 0.596. The first-order valence-electron chi connectivity index (χ1n) is 6.15. The molecule has 6 nitrogen and oxygen atoms in total. The number of thioether (sulfide) groups is 1. The molecule has 0 aromatic rings.